The Balaban J connectivity index is 0.964. The van der Waals surface area contributed by atoms with Crippen LogP contribution in [0.25, 0.3) is 105 Å². The Bertz CT molecular complexity index is 6650. The molecule has 0 aliphatic carbocycles. The Morgan fingerprint density at radius 1 is 0.304 bits per heavy atom. The molecule has 0 bridgehead atoms. The van der Waals surface area contributed by atoms with Gasteiger partial charge in [-0.25, -0.2) is 4.98 Å². The van der Waals surface area contributed by atoms with Crippen molar-refractivity contribution in [3.63, 3.8) is 0 Å². The highest BCUT2D eigenvalue weighted by Gasteiger charge is 2.21. The number of para-hydroxylation sites is 6. The third-order valence-corrected chi connectivity index (χ3v) is 13.6. The molecule has 6 heteroatoms. The second-order valence-corrected chi connectivity index (χ2v) is 18.1. The Labute approximate surface area is 517 Å². The molecule has 0 saturated heterocycles. The molecule has 4 heterocycles. The Morgan fingerprint density at radius 2 is 0.734 bits per heavy atom. The fourth-order valence-corrected chi connectivity index (χ4v) is 10.2. The van der Waals surface area contributed by atoms with E-state index in [4.69, 9.17) is 50.6 Å². The summed E-state index contributed by atoms with van der Waals surface area (Å²) < 4.78 is 364. The zero-order chi connectivity index (χ0) is 87.3. The molecule has 0 aliphatic rings. The Hall–Kier alpha value is -9.39. The number of aryl methyl sites for hydroxylation is 3. The van der Waals surface area contributed by atoms with Crippen molar-refractivity contribution in [1.29, 1.82) is 0 Å². The van der Waals surface area contributed by atoms with Gasteiger partial charge < -0.3 is 9.13 Å². The van der Waals surface area contributed by atoms with E-state index >= 15 is 0 Å². The van der Waals surface area contributed by atoms with Crippen molar-refractivity contribution in [2.75, 3.05) is 0 Å². The van der Waals surface area contributed by atoms with Gasteiger partial charge >= 0.3 is 0 Å². The van der Waals surface area contributed by atoms with Crippen LogP contribution in [0.2, 0.25) is 0 Å². The Morgan fingerprint density at radius 3 is 1.28 bits per heavy atom. The zero-order valence-electron chi connectivity index (χ0n) is 81.3. The maximum absolute atomic E-state index is 9.95. The summed E-state index contributed by atoms with van der Waals surface area (Å²) in [7, 11) is 0. The standard InChI is InChI=1S/C73H60N6/c1-4-25-51(26-5-1)54-37-22-30-53(55(54)40-24-49-77-65-41-16-10-31-58(65)59-32-11-17-42-66(59)77)29-8-3-9-47-71-74-72(76-73(75-71)79-69-45-20-14-35-62(69)63-36-15-21-46-70(63)79)64-39-23-38-56(52-27-6-2-7-28-52)57(64)48-50-78-67-43-18-12-33-60(67)61-34-13-19-44-68(61)78/h1-2,4-7,10-23,25-28,30-39,41-46H,3,8-9,24,29,40,47-50H2/i1D,2D,4D,5D,6D,7D,10D,11D,12D,13D,14D,15D,16D,17D,18D,19D,20D,21D,22D,23D,25D,26D,27D,28D,30D,31D,32D,33D,34D,35D,36D,37D,38D,39D,41D,42D,43D,44D,45D,46D. The maximum atomic E-state index is 9.95. The molecule has 0 saturated carbocycles. The van der Waals surface area contributed by atoms with Crippen LogP contribution in [0, 0.1) is 0 Å². The molecule has 4 aromatic heterocycles. The maximum Gasteiger partial charge on any atom is 0.238 e. The minimum atomic E-state index is -1.01. The molecule has 14 aromatic rings. The molecule has 10 aromatic carbocycles. The van der Waals surface area contributed by atoms with E-state index in [1.165, 1.54) is 4.57 Å². The molecule has 0 amide bonds. The summed E-state index contributed by atoms with van der Waals surface area (Å²) in [6.45, 7) is -1.02. The van der Waals surface area contributed by atoms with E-state index in [1.54, 1.807) is 0 Å². The van der Waals surface area contributed by atoms with E-state index in [0.717, 1.165) is 9.13 Å². The number of hydrogen-bond acceptors (Lipinski definition) is 3. The molecule has 0 aliphatic heterocycles. The first kappa shape index (κ1) is 21.8. The number of benzene rings is 10. The van der Waals surface area contributed by atoms with Gasteiger partial charge in [0.05, 0.1) is 65.9 Å². The fraction of sp³-hybridized carbons (Fsp3) is 0.137. The molecule has 79 heavy (non-hydrogen) atoms. The molecule has 0 N–H and O–H groups in total. The number of rotatable bonds is 17. The average Bonchev–Trinajstić information content (AvgIpc) is 1.60. The molecule has 382 valence electrons. The van der Waals surface area contributed by atoms with Crippen molar-refractivity contribution < 1.29 is 54.8 Å². The third-order valence-electron chi connectivity index (χ3n) is 13.6. The van der Waals surface area contributed by atoms with Crippen LogP contribution < -0.4 is 0 Å². The normalized spacial score (nSPS) is 18.9. The van der Waals surface area contributed by atoms with E-state index in [-0.39, 0.29) is 118 Å². The first-order valence-electron chi connectivity index (χ1n) is 45.0. The van der Waals surface area contributed by atoms with E-state index in [0.29, 0.717) is 0 Å². The van der Waals surface area contributed by atoms with E-state index in [1.807, 2.05) is 0 Å². The smallest absolute Gasteiger partial charge is 0.238 e. The van der Waals surface area contributed by atoms with Gasteiger partial charge in [0.25, 0.3) is 0 Å². The lowest BCUT2D eigenvalue weighted by Gasteiger charge is -2.17. The summed E-state index contributed by atoms with van der Waals surface area (Å²) >= 11 is 0. The van der Waals surface area contributed by atoms with Gasteiger partial charge in [-0.1, -0.05) is 212 Å². The van der Waals surface area contributed by atoms with Gasteiger partial charge in [-0.2, -0.15) is 9.97 Å². The lowest BCUT2D eigenvalue weighted by atomic mass is 9.90. The lowest BCUT2D eigenvalue weighted by molar-refractivity contribution is 0.649. The largest absolute Gasteiger partial charge is 0.340 e. The zero-order valence-corrected chi connectivity index (χ0v) is 41.3. The summed E-state index contributed by atoms with van der Waals surface area (Å²) in [6.07, 6.45) is -1.80. The third kappa shape index (κ3) is 9.03. The molecule has 0 atom stereocenters. The van der Waals surface area contributed by atoms with Crippen LogP contribution in [0.15, 0.2) is 242 Å². The van der Waals surface area contributed by atoms with Gasteiger partial charge in [-0.3, -0.25) is 4.57 Å². The number of nitrogens with zero attached hydrogens (tertiary/aromatic N) is 6. The second-order valence-electron chi connectivity index (χ2n) is 18.1. The molecular formula is C73H60N6. The summed E-state index contributed by atoms with van der Waals surface area (Å²) in [5, 5.41) is -2.10. The second kappa shape index (κ2) is 21.2. The fourth-order valence-electron chi connectivity index (χ4n) is 10.2. The highest BCUT2D eigenvalue weighted by molar-refractivity contribution is 6.10. The monoisotopic (exact) mass is 1060 g/mol. The minimum absolute atomic E-state index is 0.00352. The molecular weight excluding hydrogens is 961 g/mol. The van der Waals surface area contributed by atoms with Crippen LogP contribution in [-0.2, 0) is 38.8 Å². The summed E-state index contributed by atoms with van der Waals surface area (Å²) in [5.74, 6) is -1.75. The van der Waals surface area contributed by atoms with Crippen LogP contribution >= 0.6 is 0 Å². The topological polar surface area (TPSA) is 53.5 Å². The van der Waals surface area contributed by atoms with Crippen LogP contribution in [0.5, 0.6) is 0 Å². The predicted molar refractivity (Wildman–Crippen MR) is 329 cm³/mol. The van der Waals surface area contributed by atoms with Crippen molar-refractivity contribution in [3.8, 4) is 39.6 Å². The predicted octanol–water partition coefficient (Wildman–Crippen LogP) is 18.0. The van der Waals surface area contributed by atoms with Gasteiger partial charge in [0.15, 0.2) is 5.82 Å². The van der Waals surface area contributed by atoms with Crippen molar-refractivity contribution in [2.24, 2.45) is 0 Å². The Kier molecular flexibility index (Phi) is 5.85. The number of hydrogen-bond donors (Lipinski definition) is 0. The van der Waals surface area contributed by atoms with Crippen molar-refractivity contribution in [2.45, 2.75) is 64.5 Å². The van der Waals surface area contributed by atoms with Crippen molar-refractivity contribution >= 4 is 65.4 Å². The highest BCUT2D eigenvalue weighted by Crippen LogP contribution is 2.37. The van der Waals surface area contributed by atoms with E-state index in [9.17, 15) is 19.2 Å². The number of fused-ring (bicyclic) bond motifs is 9. The molecule has 0 unspecified atom stereocenters. The quantitative estimate of drug-likeness (QED) is 0.0854. The van der Waals surface area contributed by atoms with Gasteiger partial charge in [0.1, 0.15) is 5.82 Å². The molecule has 14 rings (SSSR count). The van der Waals surface area contributed by atoms with Crippen molar-refractivity contribution in [1.82, 2.24) is 28.7 Å². The number of unbranched alkanes of at least 4 members (excludes halogenated alkanes) is 2. The van der Waals surface area contributed by atoms with Crippen LogP contribution in [0.1, 0.15) is 103 Å². The SMILES string of the molecule is [2H]c1c([2H])c([2H])c(-c2c([2H])c([2H])c([2H])c(CCCCCc3nc(-c4c([2H])c([2H])c([2H])c(-c5c([2H])c([2H])c([2H])c([2H])c5[2H])c4CCn4c5c([2H])c([2H])c([2H])c([2H])c5c5c([2H])c([2H])c([2H])c([2H])c54)nc(-n4c5c([2H])c([2H])c([2H])c([2H])c5c5c([2H])c([2H])c([2H])c([2H])c54)n3)c2CCCn2c3c([2H])c([2H])c([2H])c([2H])c3c3c([2H])c([2H])c([2H])c([2H])c32)c([2H])c1[2H]. The van der Waals surface area contributed by atoms with Crippen LogP contribution in [0.4, 0.5) is 0 Å². The first-order valence-corrected chi connectivity index (χ1v) is 25.0. The molecule has 0 spiro atoms. The lowest BCUT2D eigenvalue weighted by Crippen LogP contribution is -2.10. The van der Waals surface area contributed by atoms with Crippen LogP contribution in [0.3, 0.4) is 0 Å². The first-order chi connectivity index (χ1) is 55.8. The number of aromatic nitrogens is 6. The highest BCUT2D eigenvalue weighted by atomic mass is 15.2. The molecule has 0 fully saturated rings. The summed E-state index contributed by atoms with van der Waals surface area (Å²) in [5.41, 5.74) is -5.54. The van der Waals surface area contributed by atoms with E-state index in [2.05, 4.69) is 0 Å². The summed E-state index contributed by atoms with van der Waals surface area (Å²) in [4.78, 5) is 14.5. The minimum Gasteiger partial charge on any atom is -0.340 e. The average molecular weight is 1060 g/mol. The molecule has 0 radical (unpaired) electrons. The van der Waals surface area contributed by atoms with Gasteiger partial charge in [0.2, 0.25) is 5.95 Å². The van der Waals surface area contributed by atoms with E-state index < -0.39 is 316 Å². The molecule has 6 nitrogen and oxygen atoms in total. The van der Waals surface area contributed by atoms with Gasteiger partial charge in [-0.05, 0) is 114 Å². The van der Waals surface area contributed by atoms with Crippen molar-refractivity contribution in [3.05, 3.63) is 264 Å². The van der Waals surface area contributed by atoms with Gasteiger partial charge in [-0.15, -0.1) is 0 Å². The van der Waals surface area contributed by atoms with Crippen LogP contribution in [-0.4, -0.2) is 28.7 Å². The van der Waals surface area contributed by atoms with Gasteiger partial charge in [0, 0.05) is 79.5 Å². The summed E-state index contributed by atoms with van der Waals surface area (Å²) in [6, 6.07) is -31.7.